The molecule has 4 rings (SSSR count). The summed E-state index contributed by atoms with van der Waals surface area (Å²) in [4.78, 5) is 3.97. The number of benzene rings is 2. The maximum Gasteiger partial charge on any atom is 0.184 e. The van der Waals surface area contributed by atoms with Gasteiger partial charge in [0, 0.05) is 27.5 Å². The van der Waals surface area contributed by atoms with Gasteiger partial charge in [-0.2, -0.15) is 0 Å². The Labute approximate surface area is 177 Å². The van der Waals surface area contributed by atoms with Crippen LogP contribution in [0.4, 0.5) is 0 Å². The van der Waals surface area contributed by atoms with Gasteiger partial charge in [-0.1, -0.05) is 64.9 Å². The molecule has 0 N–H and O–H groups in total. The van der Waals surface area contributed by atoms with Crippen LogP contribution in [0, 0.1) is 0 Å². The second-order valence-corrected chi connectivity index (χ2v) is 8.30. The fraction of sp³-hybridized carbons (Fsp3) is 0.400. The van der Waals surface area contributed by atoms with Crippen LogP contribution in [0.3, 0.4) is 0 Å². The summed E-state index contributed by atoms with van der Waals surface area (Å²) in [5.74, 6) is 0. The van der Waals surface area contributed by atoms with Gasteiger partial charge < -0.3 is 18.9 Å². The zero-order valence-electron chi connectivity index (χ0n) is 15.6. The molecule has 2 heterocycles. The first kappa shape index (κ1) is 20.5. The van der Waals surface area contributed by atoms with Crippen molar-refractivity contribution in [1.82, 2.24) is 0 Å². The van der Waals surface area contributed by atoms with Crippen molar-refractivity contribution in [1.29, 1.82) is 0 Å². The summed E-state index contributed by atoms with van der Waals surface area (Å²) in [5.41, 5.74) is 9.66. The van der Waals surface area contributed by atoms with Gasteiger partial charge in [0.1, 0.15) is 23.7 Å². The molecule has 0 aromatic heterocycles. The first-order valence-corrected chi connectivity index (χ1v) is 10.4. The van der Waals surface area contributed by atoms with Crippen molar-refractivity contribution in [3.63, 3.8) is 0 Å². The van der Waals surface area contributed by atoms with E-state index in [0.717, 1.165) is 10.5 Å². The van der Waals surface area contributed by atoms with E-state index in [1.54, 1.807) is 7.11 Å². The second-order valence-electron chi connectivity index (χ2n) is 6.69. The monoisotopic (exact) mass is 433 g/mol. The van der Waals surface area contributed by atoms with E-state index in [0.29, 0.717) is 11.6 Å². The maximum atomic E-state index is 9.17. The first-order valence-electron chi connectivity index (χ1n) is 9.16. The van der Waals surface area contributed by atoms with Crippen LogP contribution in [0.1, 0.15) is 11.9 Å². The summed E-state index contributed by atoms with van der Waals surface area (Å²) in [7, 11) is 1.58. The van der Waals surface area contributed by atoms with E-state index < -0.39 is 30.0 Å². The topological polar surface area (TPSA) is 85.7 Å². The average Bonchev–Trinajstić information content (AvgIpc) is 2.74. The van der Waals surface area contributed by atoms with Crippen molar-refractivity contribution in [3.8, 4) is 0 Å². The minimum atomic E-state index is -0.560. The fourth-order valence-corrected chi connectivity index (χ4v) is 5.04. The van der Waals surface area contributed by atoms with Gasteiger partial charge in [-0.05, 0) is 23.7 Å². The van der Waals surface area contributed by atoms with Gasteiger partial charge in [0.25, 0.3) is 0 Å². The zero-order chi connectivity index (χ0) is 20.2. The SMILES string of the molecule is CO[C@H]1C(N=[N+]=[N-])[C@H]2OC(c3ccccc3)OCC2O[C@@H]1Sc1cccc(Cl)c1. The van der Waals surface area contributed by atoms with Crippen LogP contribution >= 0.6 is 23.4 Å². The van der Waals surface area contributed by atoms with E-state index in [4.69, 9.17) is 36.1 Å². The van der Waals surface area contributed by atoms with Crippen LogP contribution in [0.5, 0.6) is 0 Å². The molecule has 152 valence electrons. The lowest BCUT2D eigenvalue weighted by Crippen LogP contribution is -2.60. The second kappa shape index (κ2) is 9.36. The van der Waals surface area contributed by atoms with Crippen LogP contribution in [0.2, 0.25) is 5.02 Å². The largest absolute Gasteiger partial charge is 0.377 e. The summed E-state index contributed by atoms with van der Waals surface area (Å²) in [6.07, 6.45) is -1.91. The number of azide groups is 1. The van der Waals surface area contributed by atoms with Crippen molar-refractivity contribution in [2.24, 2.45) is 5.11 Å². The van der Waals surface area contributed by atoms with Gasteiger partial charge in [-0.3, -0.25) is 0 Å². The molecular weight excluding hydrogens is 414 g/mol. The number of rotatable bonds is 5. The van der Waals surface area contributed by atoms with Crippen LogP contribution in [-0.4, -0.2) is 43.5 Å². The molecule has 29 heavy (non-hydrogen) atoms. The molecule has 7 nitrogen and oxygen atoms in total. The molecule has 0 saturated carbocycles. The van der Waals surface area contributed by atoms with Crippen molar-refractivity contribution in [2.45, 2.75) is 41.0 Å². The minimum absolute atomic E-state index is 0.324. The maximum absolute atomic E-state index is 9.17. The third-order valence-electron chi connectivity index (χ3n) is 4.89. The number of hydrogen-bond acceptors (Lipinski definition) is 6. The minimum Gasteiger partial charge on any atom is -0.377 e. The lowest BCUT2D eigenvalue weighted by Gasteiger charge is -2.47. The van der Waals surface area contributed by atoms with Crippen LogP contribution < -0.4 is 0 Å². The molecule has 0 spiro atoms. The van der Waals surface area contributed by atoms with E-state index in [2.05, 4.69) is 10.0 Å². The molecule has 2 fully saturated rings. The number of thioether (sulfide) groups is 1. The smallest absolute Gasteiger partial charge is 0.184 e. The number of methoxy groups -OCH3 is 1. The highest BCUT2D eigenvalue weighted by atomic mass is 35.5. The Morgan fingerprint density at radius 3 is 2.72 bits per heavy atom. The van der Waals surface area contributed by atoms with Gasteiger partial charge in [-0.15, -0.1) is 0 Å². The Morgan fingerprint density at radius 1 is 1.17 bits per heavy atom. The summed E-state index contributed by atoms with van der Waals surface area (Å²) >= 11 is 7.57. The van der Waals surface area contributed by atoms with Crippen molar-refractivity contribution >= 4 is 23.4 Å². The molecule has 0 radical (unpaired) electrons. The molecule has 9 heteroatoms. The van der Waals surface area contributed by atoms with E-state index in [-0.39, 0.29) is 6.10 Å². The van der Waals surface area contributed by atoms with Gasteiger partial charge in [0.15, 0.2) is 6.29 Å². The van der Waals surface area contributed by atoms with Crippen LogP contribution in [-0.2, 0) is 18.9 Å². The molecule has 2 aliphatic heterocycles. The van der Waals surface area contributed by atoms with Gasteiger partial charge in [0.05, 0.1) is 12.6 Å². The van der Waals surface area contributed by atoms with Gasteiger partial charge in [0.2, 0.25) is 0 Å². The van der Waals surface area contributed by atoms with Crippen molar-refractivity contribution < 1.29 is 18.9 Å². The summed E-state index contributed by atoms with van der Waals surface area (Å²) in [6.45, 7) is 0.324. The third kappa shape index (κ3) is 4.54. The van der Waals surface area contributed by atoms with Gasteiger partial charge in [-0.25, -0.2) is 0 Å². The molecule has 0 bridgehead atoms. The Balaban J connectivity index is 1.57. The average molecular weight is 434 g/mol. The van der Waals surface area contributed by atoms with E-state index in [1.807, 2.05) is 54.6 Å². The fourth-order valence-electron chi connectivity index (χ4n) is 3.56. The van der Waals surface area contributed by atoms with E-state index in [9.17, 15) is 0 Å². The number of fused-ring (bicyclic) bond motifs is 1. The molecule has 3 unspecified atom stereocenters. The Bertz CT molecular complexity index is 883. The molecule has 0 aliphatic carbocycles. The lowest BCUT2D eigenvalue weighted by atomic mass is 9.96. The molecule has 6 atom stereocenters. The van der Waals surface area contributed by atoms with Crippen molar-refractivity contribution in [3.05, 3.63) is 75.6 Å². The number of nitrogens with zero attached hydrogens (tertiary/aromatic N) is 3. The Hall–Kier alpha value is -1.77. The quantitative estimate of drug-likeness (QED) is 0.377. The molecular formula is C20H20ClN3O4S. The molecule has 2 aromatic rings. The zero-order valence-corrected chi connectivity index (χ0v) is 17.2. The van der Waals surface area contributed by atoms with E-state index >= 15 is 0 Å². The Kier molecular flexibility index (Phi) is 6.62. The molecule has 2 saturated heterocycles. The number of ether oxygens (including phenoxy) is 4. The highest BCUT2D eigenvalue weighted by Gasteiger charge is 2.50. The normalized spacial score (nSPS) is 31.5. The lowest BCUT2D eigenvalue weighted by molar-refractivity contribution is -0.298. The van der Waals surface area contributed by atoms with Gasteiger partial charge >= 0.3 is 0 Å². The summed E-state index contributed by atoms with van der Waals surface area (Å²) in [5, 5.41) is 4.65. The van der Waals surface area contributed by atoms with E-state index in [1.165, 1.54) is 11.8 Å². The highest BCUT2D eigenvalue weighted by molar-refractivity contribution is 7.99. The Morgan fingerprint density at radius 2 is 2.00 bits per heavy atom. The highest BCUT2D eigenvalue weighted by Crippen LogP contribution is 2.41. The van der Waals surface area contributed by atoms with Crippen LogP contribution in [0.25, 0.3) is 10.4 Å². The molecule has 2 aromatic carbocycles. The number of halogens is 1. The first-order chi connectivity index (χ1) is 14.2. The summed E-state index contributed by atoms with van der Waals surface area (Å²) in [6, 6.07) is 16.6. The van der Waals surface area contributed by atoms with Crippen molar-refractivity contribution in [2.75, 3.05) is 13.7 Å². The number of hydrogen-bond donors (Lipinski definition) is 0. The molecule has 0 amide bonds. The standard InChI is InChI=1S/C20H20ClN3O4S/c1-25-18-16(23-24-22)17-15(11-26-19(28-17)12-6-3-2-4-7-12)27-20(18)29-14-9-5-8-13(21)10-14/h2-10,15-20H,11H2,1H3/t15?,16?,17-,18-,19?,20+/m0/s1. The van der Waals surface area contributed by atoms with Crippen LogP contribution in [0.15, 0.2) is 64.6 Å². The predicted molar refractivity (Wildman–Crippen MR) is 110 cm³/mol. The predicted octanol–water partition coefficient (Wildman–Crippen LogP) is 4.97. The third-order valence-corrected chi connectivity index (χ3v) is 6.26. The summed E-state index contributed by atoms with van der Waals surface area (Å²) < 4.78 is 24.0. The molecule has 2 aliphatic rings.